The van der Waals surface area contributed by atoms with Crippen LogP contribution in [0.25, 0.3) is 5.70 Å². The van der Waals surface area contributed by atoms with Gasteiger partial charge in [-0.05, 0) is 83.6 Å². The van der Waals surface area contributed by atoms with Crippen molar-refractivity contribution in [2.24, 2.45) is 5.73 Å². The largest absolute Gasteiger partial charge is 0.399 e. The van der Waals surface area contributed by atoms with Crippen molar-refractivity contribution in [2.75, 3.05) is 36.0 Å². The second kappa shape index (κ2) is 9.56. The van der Waals surface area contributed by atoms with Crippen LogP contribution in [0.5, 0.6) is 0 Å². The van der Waals surface area contributed by atoms with Gasteiger partial charge in [0.1, 0.15) is 0 Å². The van der Waals surface area contributed by atoms with Gasteiger partial charge in [-0.2, -0.15) is 0 Å². The van der Waals surface area contributed by atoms with Crippen molar-refractivity contribution in [3.8, 4) is 0 Å². The van der Waals surface area contributed by atoms with Gasteiger partial charge in [0, 0.05) is 34.4 Å². The van der Waals surface area contributed by atoms with Crippen LogP contribution in [0.2, 0.25) is 0 Å². The molecule has 0 saturated heterocycles. The molecule has 2 atom stereocenters. The number of nitrogens with one attached hydrogen (secondary N) is 2. The molecule has 0 fully saturated rings. The van der Waals surface area contributed by atoms with Crippen molar-refractivity contribution in [1.29, 1.82) is 0 Å². The molecule has 31 heavy (non-hydrogen) atoms. The first-order valence-electron chi connectivity index (χ1n) is 11.3. The van der Waals surface area contributed by atoms with Crippen molar-refractivity contribution in [3.63, 3.8) is 0 Å². The number of nitrogen functional groups attached to an aromatic ring is 1. The average Bonchev–Trinajstić information content (AvgIpc) is 2.71. The number of anilines is 3. The van der Waals surface area contributed by atoms with Crippen LogP contribution >= 0.6 is 0 Å². The lowest BCUT2D eigenvalue weighted by molar-refractivity contribution is 0.295. The molecule has 1 aliphatic rings. The predicted molar refractivity (Wildman–Crippen MR) is 131 cm³/mol. The SMILES string of the molecule is CCN(CC)CCCC(C)Nc1nc(C)cc(C2(C)C=C(N)c3cc(N)ccc3N2)n1. The number of aryl methyl sites for hydroxylation is 1. The molecular formula is C24H37N7. The minimum Gasteiger partial charge on any atom is -0.399 e. The smallest absolute Gasteiger partial charge is 0.223 e. The van der Waals surface area contributed by atoms with Gasteiger partial charge in [0.15, 0.2) is 0 Å². The monoisotopic (exact) mass is 423 g/mol. The van der Waals surface area contributed by atoms with E-state index in [-0.39, 0.29) is 0 Å². The fraction of sp³-hybridized carbons (Fsp3) is 0.500. The zero-order chi connectivity index (χ0) is 22.6. The van der Waals surface area contributed by atoms with Crippen molar-refractivity contribution in [3.05, 3.63) is 47.3 Å². The zero-order valence-corrected chi connectivity index (χ0v) is 19.5. The Balaban J connectivity index is 1.75. The Hall–Kier alpha value is -2.80. The lowest BCUT2D eigenvalue weighted by atomic mass is 9.89. The highest BCUT2D eigenvalue weighted by Crippen LogP contribution is 2.37. The van der Waals surface area contributed by atoms with E-state index in [1.54, 1.807) is 0 Å². The van der Waals surface area contributed by atoms with Crippen molar-refractivity contribution < 1.29 is 0 Å². The highest BCUT2D eigenvalue weighted by atomic mass is 15.1. The molecule has 2 heterocycles. The highest BCUT2D eigenvalue weighted by molar-refractivity contribution is 5.81. The summed E-state index contributed by atoms with van der Waals surface area (Å²) in [4.78, 5) is 11.9. The lowest BCUT2D eigenvalue weighted by Crippen LogP contribution is -2.35. The summed E-state index contributed by atoms with van der Waals surface area (Å²) in [6.07, 6.45) is 4.22. The molecular weight excluding hydrogens is 386 g/mol. The molecule has 0 amide bonds. The van der Waals surface area contributed by atoms with E-state index in [4.69, 9.17) is 16.5 Å². The third-order valence-electron chi connectivity index (χ3n) is 5.96. The fourth-order valence-corrected chi connectivity index (χ4v) is 4.10. The molecule has 7 heteroatoms. The van der Waals surface area contributed by atoms with Gasteiger partial charge < -0.3 is 27.0 Å². The second-order valence-electron chi connectivity index (χ2n) is 8.66. The minimum absolute atomic E-state index is 0.293. The first-order valence-corrected chi connectivity index (χ1v) is 11.3. The Labute approximate surface area is 186 Å². The molecule has 1 aliphatic heterocycles. The Kier molecular flexibility index (Phi) is 7.05. The number of fused-ring (bicyclic) bond motifs is 1. The maximum Gasteiger partial charge on any atom is 0.223 e. The van der Waals surface area contributed by atoms with E-state index in [9.17, 15) is 0 Å². The quantitative estimate of drug-likeness (QED) is 0.453. The number of hydrogen-bond donors (Lipinski definition) is 4. The van der Waals surface area contributed by atoms with E-state index >= 15 is 0 Å². The molecule has 0 aliphatic carbocycles. The number of rotatable bonds is 9. The Bertz CT molecular complexity index is 936. The van der Waals surface area contributed by atoms with Crippen molar-refractivity contribution >= 4 is 23.0 Å². The molecule has 0 spiro atoms. The normalized spacial score (nSPS) is 18.8. The lowest BCUT2D eigenvalue weighted by Gasteiger charge is -2.34. The first-order chi connectivity index (χ1) is 14.7. The van der Waals surface area contributed by atoms with Crippen LogP contribution < -0.4 is 22.1 Å². The van der Waals surface area contributed by atoms with E-state index in [0.29, 0.717) is 23.4 Å². The maximum atomic E-state index is 6.39. The number of nitrogens with zero attached hydrogens (tertiary/aromatic N) is 3. The molecule has 0 saturated carbocycles. The number of hydrogen-bond acceptors (Lipinski definition) is 7. The summed E-state index contributed by atoms with van der Waals surface area (Å²) < 4.78 is 0. The molecule has 7 nitrogen and oxygen atoms in total. The van der Waals surface area contributed by atoms with Gasteiger partial charge in [0.05, 0.1) is 11.2 Å². The topological polar surface area (TPSA) is 105 Å². The molecule has 0 bridgehead atoms. The molecule has 168 valence electrons. The summed E-state index contributed by atoms with van der Waals surface area (Å²) in [6, 6.07) is 8.04. The summed E-state index contributed by atoms with van der Waals surface area (Å²) >= 11 is 0. The fourth-order valence-electron chi connectivity index (χ4n) is 4.10. The van der Waals surface area contributed by atoms with Gasteiger partial charge in [-0.25, -0.2) is 9.97 Å². The minimum atomic E-state index is -0.538. The van der Waals surface area contributed by atoms with E-state index < -0.39 is 5.54 Å². The summed E-state index contributed by atoms with van der Waals surface area (Å²) in [5.41, 5.74) is 16.8. The third kappa shape index (κ3) is 5.47. The van der Waals surface area contributed by atoms with Gasteiger partial charge in [0.2, 0.25) is 5.95 Å². The van der Waals surface area contributed by atoms with Gasteiger partial charge in [0.25, 0.3) is 0 Å². The Morgan fingerprint density at radius 2 is 1.90 bits per heavy atom. The van der Waals surface area contributed by atoms with Crippen LogP contribution in [0.4, 0.5) is 17.3 Å². The van der Waals surface area contributed by atoms with Crippen LogP contribution in [0.15, 0.2) is 30.3 Å². The molecule has 6 N–H and O–H groups in total. The third-order valence-corrected chi connectivity index (χ3v) is 5.96. The van der Waals surface area contributed by atoms with E-state index in [2.05, 4.69) is 48.2 Å². The number of benzene rings is 1. The van der Waals surface area contributed by atoms with Crippen LogP contribution in [-0.4, -0.2) is 40.5 Å². The summed E-state index contributed by atoms with van der Waals surface area (Å²) in [5, 5.41) is 7.07. The molecule has 1 aromatic carbocycles. The highest BCUT2D eigenvalue weighted by Gasteiger charge is 2.32. The predicted octanol–water partition coefficient (Wildman–Crippen LogP) is 3.93. The van der Waals surface area contributed by atoms with Crippen LogP contribution in [0.3, 0.4) is 0 Å². The van der Waals surface area contributed by atoms with Crippen LogP contribution in [-0.2, 0) is 5.54 Å². The number of nitrogens with two attached hydrogens (primary N) is 2. The van der Waals surface area contributed by atoms with Gasteiger partial charge in [-0.3, -0.25) is 0 Å². The Morgan fingerprint density at radius 1 is 1.16 bits per heavy atom. The maximum absolute atomic E-state index is 6.39. The van der Waals surface area contributed by atoms with Crippen molar-refractivity contribution in [2.45, 2.75) is 59.0 Å². The summed E-state index contributed by atoms with van der Waals surface area (Å²) in [6.45, 7) is 14.0. The van der Waals surface area contributed by atoms with Crippen LogP contribution in [0, 0.1) is 6.92 Å². The second-order valence-corrected chi connectivity index (χ2v) is 8.66. The molecule has 3 rings (SSSR count). The molecule has 0 radical (unpaired) electrons. The van der Waals surface area contributed by atoms with Crippen molar-refractivity contribution in [1.82, 2.24) is 14.9 Å². The number of aromatic nitrogens is 2. The van der Waals surface area contributed by atoms with Crippen LogP contribution in [0.1, 0.15) is 57.5 Å². The van der Waals surface area contributed by atoms with E-state index in [1.807, 2.05) is 37.3 Å². The molecule has 2 unspecified atom stereocenters. The Morgan fingerprint density at radius 3 is 2.61 bits per heavy atom. The first kappa shape index (κ1) is 22.9. The van der Waals surface area contributed by atoms with E-state index in [0.717, 1.165) is 55.1 Å². The summed E-state index contributed by atoms with van der Waals surface area (Å²) in [5.74, 6) is 0.656. The standard InChI is InChI=1S/C24H37N7/c1-6-31(7-2)12-8-9-16(3)27-23-28-17(4)13-22(29-23)24(5)15-20(26)19-14-18(25)10-11-21(19)30-24/h10-11,13-16,30H,6-9,12,25-26H2,1-5H3,(H,27,28,29). The summed E-state index contributed by atoms with van der Waals surface area (Å²) in [7, 11) is 0. The van der Waals surface area contributed by atoms with Gasteiger partial charge >= 0.3 is 0 Å². The van der Waals surface area contributed by atoms with Gasteiger partial charge in [-0.15, -0.1) is 0 Å². The van der Waals surface area contributed by atoms with E-state index in [1.165, 1.54) is 0 Å². The average molecular weight is 424 g/mol. The van der Waals surface area contributed by atoms with Gasteiger partial charge in [-0.1, -0.05) is 13.8 Å². The zero-order valence-electron chi connectivity index (χ0n) is 19.5. The molecule has 1 aromatic heterocycles. The molecule has 2 aromatic rings.